The number of ether oxygens (including phenoxy) is 1. The first kappa shape index (κ1) is 16.0. The number of fused-ring (bicyclic) bond motifs is 5. The quantitative estimate of drug-likeness (QED) is 0.416. The summed E-state index contributed by atoms with van der Waals surface area (Å²) in [5.41, 5.74) is 0.0569. The zero-order chi connectivity index (χ0) is 18.9. The van der Waals surface area contributed by atoms with Gasteiger partial charge in [0.2, 0.25) is 5.60 Å². The number of carbonyl (C=O) groups is 1. The molecule has 2 aromatic heterocycles. The number of rotatable bonds is 1. The molecule has 0 radical (unpaired) electrons. The van der Waals surface area contributed by atoms with Crippen molar-refractivity contribution in [3.8, 4) is 17.0 Å². The first-order valence-electron chi connectivity index (χ1n) is 8.33. The monoisotopic (exact) mass is 366 g/mol. The molecule has 27 heavy (non-hydrogen) atoms. The summed E-state index contributed by atoms with van der Waals surface area (Å²) in [6.07, 6.45) is 0. The van der Waals surface area contributed by atoms with E-state index in [2.05, 4.69) is 4.98 Å². The number of hydrogen-bond acceptors (Lipinski definition) is 7. The van der Waals surface area contributed by atoms with Gasteiger partial charge in [0.1, 0.15) is 12.4 Å². The molecule has 2 aliphatic rings. The highest BCUT2D eigenvalue weighted by Crippen LogP contribution is 2.37. The van der Waals surface area contributed by atoms with E-state index in [9.17, 15) is 24.9 Å². The molecule has 8 heteroatoms. The second-order valence-electron chi connectivity index (χ2n) is 6.77. The maximum atomic E-state index is 12.9. The number of hydrogen-bond donors (Lipinski definition) is 3. The lowest BCUT2D eigenvalue weighted by Gasteiger charge is -2.31. The first-order valence-corrected chi connectivity index (χ1v) is 8.33. The lowest BCUT2D eigenvalue weighted by Crippen LogP contribution is -2.47. The van der Waals surface area contributed by atoms with Crippen LogP contribution in [-0.4, -0.2) is 37.4 Å². The second-order valence-corrected chi connectivity index (χ2v) is 6.77. The van der Waals surface area contributed by atoms with Gasteiger partial charge in [-0.3, -0.25) is 9.78 Å². The molecule has 3 aromatic rings. The Morgan fingerprint density at radius 1 is 1.22 bits per heavy atom. The van der Waals surface area contributed by atoms with Gasteiger partial charge in [-0.15, -0.1) is 0 Å². The number of esters is 1. The highest BCUT2D eigenvalue weighted by atomic mass is 16.6. The van der Waals surface area contributed by atoms with E-state index in [1.54, 1.807) is 24.3 Å². The summed E-state index contributed by atoms with van der Waals surface area (Å²) in [7, 11) is 0. The van der Waals surface area contributed by atoms with Crippen LogP contribution in [0.3, 0.4) is 0 Å². The number of benzene rings is 1. The maximum Gasteiger partial charge on any atom is 0.345 e. The van der Waals surface area contributed by atoms with Crippen molar-refractivity contribution in [1.82, 2.24) is 9.55 Å². The molecular weight excluding hydrogens is 352 g/mol. The van der Waals surface area contributed by atoms with Crippen molar-refractivity contribution in [2.24, 2.45) is 0 Å². The van der Waals surface area contributed by atoms with E-state index in [-0.39, 0.29) is 30.0 Å². The summed E-state index contributed by atoms with van der Waals surface area (Å²) >= 11 is 0. The van der Waals surface area contributed by atoms with Gasteiger partial charge in [-0.25, -0.2) is 4.79 Å². The van der Waals surface area contributed by atoms with Crippen molar-refractivity contribution < 1.29 is 24.9 Å². The van der Waals surface area contributed by atoms with Crippen LogP contribution in [-0.2, 0) is 28.3 Å². The zero-order valence-corrected chi connectivity index (χ0v) is 14.0. The summed E-state index contributed by atoms with van der Waals surface area (Å²) in [5.74, 6) is -0.885. The van der Waals surface area contributed by atoms with Crippen LogP contribution in [0.1, 0.15) is 16.8 Å². The Balaban J connectivity index is 1.80. The van der Waals surface area contributed by atoms with Gasteiger partial charge in [0, 0.05) is 16.5 Å². The number of aliphatic hydroxyl groups is 2. The lowest BCUT2D eigenvalue weighted by molar-refractivity contribution is -0.176. The minimum absolute atomic E-state index is 0.0568. The molecule has 0 amide bonds. The topological polar surface area (TPSA) is 122 Å². The Morgan fingerprint density at radius 2 is 2.04 bits per heavy atom. The number of pyridine rings is 2. The number of aromatic nitrogens is 2. The van der Waals surface area contributed by atoms with Crippen molar-refractivity contribution in [1.29, 1.82) is 0 Å². The average molecular weight is 366 g/mol. The average Bonchev–Trinajstić information content (AvgIpc) is 3.01. The fraction of sp³-hybridized carbons (Fsp3) is 0.211. The lowest BCUT2D eigenvalue weighted by atomic mass is 9.88. The molecule has 4 heterocycles. The normalized spacial score (nSPS) is 20.1. The summed E-state index contributed by atoms with van der Waals surface area (Å²) < 4.78 is 6.41. The van der Waals surface area contributed by atoms with Crippen molar-refractivity contribution in [2.75, 3.05) is 6.61 Å². The molecule has 3 N–H and O–H groups in total. The summed E-state index contributed by atoms with van der Waals surface area (Å²) in [6.45, 7) is -0.896. The van der Waals surface area contributed by atoms with Crippen LogP contribution in [0.4, 0.5) is 0 Å². The molecule has 0 spiro atoms. The van der Waals surface area contributed by atoms with Crippen LogP contribution < -0.4 is 5.56 Å². The predicted octanol–water partition coefficient (Wildman–Crippen LogP) is 0.367. The number of carbonyl (C=O) groups excluding carboxylic acids is 1. The Labute approximate surface area is 151 Å². The fourth-order valence-electron chi connectivity index (χ4n) is 3.79. The molecular formula is C19H14N2O6. The third-order valence-corrected chi connectivity index (χ3v) is 5.22. The predicted molar refractivity (Wildman–Crippen MR) is 93.0 cm³/mol. The third-order valence-electron chi connectivity index (χ3n) is 5.22. The molecule has 0 saturated carbocycles. The highest BCUT2D eigenvalue weighted by Gasteiger charge is 2.46. The van der Waals surface area contributed by atoms with Crippen LogP contribution >= 0.6 is 0 Å². The number of phenolic OH excluding ortho intramolecular Hbond substituents is 1. The number of phenols is 1. The maximum absolute atomic E-state index is 12.9. The van der Waals surface area contributed by atoms with E-state index in [0.29, 0.717) is 27.9 Å². The van der Waals surface area contributed by atoms with E-state index in [4.69, 9.17) is 4.74 Å². The second kappa shape index (κ2) is 5.15. The summed E-state index contributed by atoms with van der Waals surface area (Å²) in [5, 5.41) is 30.6. The molecule has 5 rings (SSSR count). The Kier molecular flexibility index (Phi) is 3.05. The molecule has 0 aliphatic carbocycles. The van der Waals surface area contributed by atoms with Crippen LogP contribution in [0, 0.1) is 0 Å². The third kappa shape index (κ3) is 2.02. The van der Waals surface area contributed by atoms with E-state index in [0.717, 1.165) is 0 Å². The number of cyclic esters (lactones) is 1. The van der Waals surface area contributed by atoms with Crippen molar-refractivity contribution >= 4 is 16.9 Å². The molecule has 0 unspecified atom stereocenters. The van der Waals surface area contributed by atoms with Gasteiger partial charge in [0.05, 0.1) is 35.6 Å². The molecule has 0 fully saturated rings. The smallest absolute Gasteiger partial charge is 0.345 e. The van der Waals surface area contributed by atoms with E-state index < -0.39 is 23.7 Å². The van der Waals surface area contributed by atoms with E-state index >= 15 is 0 Å². The van der Waals surface area contributed by atoms with Gasteiger partial charge >= 0.3 is 5.97 Å². The van der Waals surface area contributed by atoms with Crippen LogP contribution in [0.5, 0.6) is 5.75 Å². The van der Waals surface area contributed by atoms with Crippen molar-refractivity contribution in [3.05, 3.63) is 57.5 Å². The molecule has 8 nitrogen and oxygen atoms in total. The van der Waals surface area contributed by atoms with Crippen LogP contribution in [0.25, 0.3) is 22.2 Å². The van der Waals surface area contributed by atoms with E-state index in [1.165, 1.54) is 10.6 Å². The minimum atomic E-state index is -2.27. The minimum Gasteiger partial charge on any atom is -0.508 e. The fourth-order valence-corrected chi connectivity index (χ4v) is 3.79. The Morgan fingerprint density at radius 3 is 2.81 bits per heavy atom. The van der Waals surface area contributed by atoms with Gasteiger partial charge in [-0.05, 0) is 30.3 Å². The summed E-state index contributed by atoms with van der Waals surface area (Å²) in [4.78, 5) is 29.5. The van der Waals surface area contributed by atoms with E-state index in [1.807, 2.05) is 0 Å². The van der Waals surface area contributed by atoms with Crippen molar-refractivity contribution in [3.63, 3.8) is 0 Å². The number of nitrogens with zero attached hydrogens (tertiary/aromatic N) is 2. The first-order chi connectivity index (χ1) is 12.9. The van der Waals surface area contributed by atoms with Crippen LogP contribution in [0.2, 0.25) is 0 Å². The summed E-state index contributed by atoms with van der Waals surface area (Å²) in [6, 6.07) is 8.15. The Bertz CT molecular complexity index is 1220. The largest absolute Gasteiger partial charge is 0.508 e. The standard InChI is InChI=1S/C19H14N2O6/c22-8-19(26)13-5-16-11-4-9-3-10(23)1-2-14(9)20-15(11)6-21(16)17(24)12(13)7-27-18(19)25/h1-5,22-23,26H,6-8H2/t19-/m0/s1. The van der Waals surface area contributed by atoms with Crippen molar-refractivity contribution in [2.45, 2.75) is 18.8 Å². The number of aromatic hydroxyl groups is 1. The van der Waals surface area contributed by atoms with Crippen LogP contribution in [0.15, 0.2) is 35.1 Å². The molecule has 1 atom stereocenters. The molecule has 0 bridgehead atoms. The molecule has 1 aromatic carbocycles. The highest BCUT2D eigenvalue weighted by molar-refractivity contribution is 5.88. The molecule has 2 aliphatic heterocycles. The molecule has 0 saturated heterocycles. The van der Waals surface area contributed by atoms with Gasteiger partial charge in [0.15, 0.2) is 0 Å². The van der Waals surface area contributed by atoms with Gasteiger partial charge in [0.25, 0.3) is 5.56 Å². The van der Waals surface area contributed by atoms with Gasteiger partial charge in [-0.2, -0.15) is 0 Å². The SMILES string of the molecule is O=C1OCc2c(cc3n(c2=O)Cc2nc4ccc(O)cc4cc2-3)[C@@]1(O)CO. The zero-order valence-electron chi connectivity index (χ0n) is 14.0. The van der Waals surface area contributed by atoms with Gasteiger partial charge < -0.3 is 24.6 Å². The Hall–Kier alpha value is -3.23. The van der Waals surface area contributed by atoms with Gasteiger partial charge in [-0.1, -0.05) is 0 Å². The molecule has 136 valence electrons. The number of aliphatic hydroxyl groups excluding tert-OH is 1.